The maximum Gasteiger partial charge on any atom is 0.317 e. The number of primary amides is 1. The van der Waals surface area contributed by atoms with E-state index in [-0.39, 0.29) is 11.7 Å². The monoisotopic (exact) mass is 396 g/mol. The van der Waals surface area contributed by atoms with Crippen LogP contribution in [0.2, 0.25) is 0 Å². The fourth-order valence-corrected chi connectivity index (χ4v) is 3.34. The first-order valence-electron chi connectivity index (χ1n) is 9.29. The fraction of sp³-hybridized carbons (Fsp3) is 0.250. The largest absolute Gasteiger partial charge is 0.351 e. The molecule has 1 aromatic heterocycles. The zero-order valence-corrected chi connectivity index (χ0v) is 15.9. The summed E-state index contributed by atoms with van der Waals surface area (Å²) >= 11 is 0. The molecule has 0 saturated carbocycles. The minimum Gasteiger partial charge on any atom is -0.351 e. The lowest BCUT2D eigenvalue weighted by atomic mass is 10.0. The summed E-state index contributed by atoms with van der Waals surface area (Å²) in [7, 11) is 0. The normalized spacial score (nSPS) is 12.1. The van der Waals surface area contributed by atoms with Crippen molar-refractivity contribution in [2.45, 2.75) is 25.4 Å². The van der Waals surface area contributed by atoms with Gasteiger partial charge in [0.2, 0.25) is 0 Å². The number of nitrogens with two attached hydrogens (primary N) is 3. The Morgan fingerprint density at radius 2 is 1.83 bits per heavy atom. The number of nitrogens with one attached hydrogen (secondary N) is 1. The van der Waals surface area contributed by atoms with E-state index in [9.17, 15) is 14.9 Å². The fourth-order valence-electron chi connectivity index (χ4n) is 3.34. The van der Waals surface area contributed by atoms with Gasteiger partial charge in [-0.05, 0) is 54.8 Å². The highest BCUT2D eigenvalue weighted by Crippen LogP contribution is 2.30. The number of carbonyl (C=O) groups excluding carboxylic acids is 1. The van der Waals surface area contributed by atoms with Crippen LogP contribution in [0.1, 0.15) is 12.8 Å². The zero-order valence-electron chi connectivity index (χ0n) is 15.9. The summed E-state index contributed by atoms with van der Waals surface area (Å²) in [5, 5.41) is 14.4. The number of hydrogen-bond acceptors (Lipinski definition) is 5. The van der Waals surface area contributed by atoms with Crippen LogP contribution in [0.3, 0.4) is 0 Å². The van der Waals surface area contributed by atoms with Crippen molar-refractivity contribution in [3.05, 3.63) is 58.6 Å². The maximum atomic E-state index is 11.4. The quantitative estimate of drug-likeness (QED) is 0.340. The Morgan fingerprint density at radius 1 is 1.14 bits per heavy atom. The maximum absolute atomic E-state index is 11.4. The van der Waals surface area contributed by atoms with Gasteiger partial charge in [-0.3, -0.25) is 15.4 Å². The van der Waals surface area contributed by atoms with Gasteiger partial charge in [0.25, 0.3) is 5.69 Å². The number of nitro groups is 1. The van der Waals surface area contributed by atoms with Crippen LogP contribution >= 0.6 is 0 Å². The van der Waals surface area contributed by atoms with Crippen LogP contribution in [-0.4, -0.2) is 28.1 Å². The molecule has 2 aromatic carbocycles. The number of urea groups is 1. The molecular formula is C20H24N6O3. The minimum absolute atomic E-state index is 0.0389. The van der Waals surface area contributed by atoms with E-state index in [1.807, 2.05) is 28.8 Å². The molecule has 0 unspecified atom stereocenters. The molecular weight excluding hydrogens is 372 g/mol. The molecule has 0 bridgehead atoms. The number of aromatic nitrogens is 1. The van der Waals surface area contributed by atoms with Gasteiger partial charge in [-0.2, -0.15) is 0 Å². The van der Waals surface area contributed by atoms with E-state index in [0.29, 0.717) is 18.9 Å². The standard InChI is InChI=1S/C20H24N6O3/c21-9-1-2-16(22)12-25-18-10-14(13-5-7-17(8-6-13)26(28)29)3-4-15(18)11-19(25)24-20(23)27/h3-8,10-11,16H,1-2,9,12,21-22H2,(H3,23,24,27)/t16-/m0/s1. The zero-order chi connectivity index (χ0) is 21.0. The molecule has 3 rings (SSSR count). The average molecular weight is 396 g/mol. The Kier molecular flexibility index (Phi) is 6.10. The Morgan fingerprint density at radius 3 is 2.45 bits per heavy atom. The van der Waals surface area contributed by atoms with Crippen LogP contribution in [0.5, 0.6) is 0 Å². The first-order chi connectivity index (χ1) is 13.9. The summed E-state index contributed by atoms with van der Waals surface area (Å²) in [5.41, 5.74) is 19.8. The van der Waals surface area contributed by atoms with Crippen molar-refractivity contribution in [3.8, 4) is 11.1 Å². The van der Waals surface area contributed by atoms with Crippen LogP contribution in [0.15, 0.2) is 48.5 Å². The molecule has 3 aromatic rings. The summed E-state index contributed by atoms with van der Waals surface area (Å²) in [6, 6.07) is 13.3. The topological polar surface area (TPSA) is 155 Å². The summed E-state index contributed by atoms with van der Waals surface area (Å²) in [4.78, 5) is 21.9. The van der Waals surface area contributed by atoms with Crippen molar-refractivity contribution >= 4 is 28.4 Å². The van der Waals surface area contributed by atoms with Crippen molar-refractivity contribution in [2.75, 3.05) is 11.9 Å². The molecule has 0 radical (unpaired) electrons. The number of fused-ring (bicyclic) bond motifs is 1. The van der Waals surface area contributed by atoms with Gasteiger partial charge in [0.1, 0.15) is 5.82 Å². The predicted molar refractivity (Wildman–Crippen MR) is 113 cm³/mol. The number of nitrogens with zero attached hydrogens (tertiary/aromatic N) is 2. The van der Waals surface area contributed by atoms with E-state index in [2.05, 4.69) is 5.32 Å². The van der Waals surface area contributed by atoms with Gasteiger partial charge in [-0.1, -0.05) is 12.1 Å². The van der Waals surface area contributed by atoms with Gasteiger partial charge in [0.15, 0.2) is 0 Å². The van der Waals surface area contributed by atoms with Crippen molar-refractivity contribution in [2.24, 2.45) is 17.2 Å². The second kappa shape index (κ2) is 8.72. The number of benzene rings is 2. The second-order valence-corrected chi connectivity index (χ2v) is 6.90. The minimum atomic E-state index is -0.653. The van der Waals surface area contributed by atoms with Crippen LogP contribution < -0.4 is 22.5 Å². The molecule has 1 atom stereocenters. The van der Waals surface area contributed by atoms with Gasteiger partial charge >= 0.3 is 6.03 Å². The summed E-state index contributed by atoms with van der Waals surface area (Å²) in [5.74, 6) is 0.566. The Hall–Kier alpha value is -3.43. The molecule has 7 N–H and O–H groups in total. The van der Waals surface area contributed by atoms with Crippen LogP contribution in [0.25, 0.3) is 22.0 Å². The molecule has 0 fully saturated rings. The third-order valence-electron chi connectivity index (χ3n) is 4.76. The van der Waals surface area contributed by atoms with Gasteiger partial charge in [-0.15, -0.1) is 0 Å². The van der Waals surface area contributed by atoms with E-state index < -0.39 is 11.0 Å². The lowest BCUT2D eigenvalue weighted by Crippen LogP contribution is -2.29. The number of nitro benzene ring substituents is 1. The second-order valence-electron chi connectivity index (χ2n) is 6.90. The number of anilines is 1. The molecule has 0 spiro atoms. The highest BCUT2D eigenvalue weighted by atomic mass is 16.6. The molecule has 152 valence electrons. The number of carbonyl (C=O) groups is 1. The number of rotatable bonds is 8. The third kappa shape index (κ3) is 4.71. The molecule has 1 heterocycles. The predicted octanol–water partition coefficient (Wildman–Crippen LogP) is 2.77. The van der Waals surface area contributed by atoms with Crippen LogP contribution in [-0.2, 0) is 6.54 Å². The lowest BCUT2D eigenvalue weighted by molar-refractivity contribution is -0.384. The van der Waals surface area contributed by atoms with E-state index in [1.54, 1.807) is 12.1 Å². The molecule has 29 heavy (non-hydrogen) atoms. The van der Waals surface area contributed by atoms with E-state index in [1.165, 1.54) is 12.1 Å². The van der Waals surface area contributed by atoms with Gasteiger partial charge in [0, 0.05) is 30.1 Å². The van der Waals surface area contributed by atoms with Crippen molar-refractivity contribution in [1.29, 1.82) is 0 Å². The molecule has 0 saturated heterocycles. The van der Waals surface area contributed by atoms with E-state index >= 15 is 0 Å². The molecule has 0 aliphatic rings. The van der Waals surface area contributed by atoms with E-state index in [0.717, 1.165) is 34.9 Å². The van der Waals surface area contributed by atoms with Crippen LogP contribution in [0, 0.1) is 10.1 Å². The highest BCUT2D eigenvalue weighted by Gasteiger charge is 2.14. The van der Waals surface area contributed by atoms with Crippen molar-refractivity contribution < 1.29 is 9.72 Å². The van der Waals surface area contributed by atoms with E-state index in [4.69, 9.17) is 17.2 Å². The smallest absolute Gasteiger partial charge is 0.317 e. The first-order valence-corrected chi connectivity index (χ1v) is 9.29. The average Bonchev–Trinajstić information content (AvgIpc) is 3.02. The lowest BCUT2D eigenvalue weighted by Gasteiger charge is -2.16. The number of hydrogen-bond donors (Lipinski definition) is 4. The molecule has 9 heteroatoms. The van der Waals surface area contributed by atoms with Crippen molar-refractivity contribution in [1.82, 2.24) is 4.57 Å². The Labute approximate surface area is 167 Å². The van der Waals surface area contributed by atoms with Crippen LogP contribution in [0.4, 0.5) is 16.3 Å². The third-order valence-corrected chi connectivity index (χ3v) is 4.76. The molecule has 9 nitrogen and oxygen atoms in total. The van der Waals surface area contributed by atoms with Gasteiger partial charge in [-0.25, -0.2) is 4.79 Å². The van der Waals surface area contributed by atoms with Crippen molar-refractivity contribution in [3.63, 3.8) is 0 Å². The SMILES string of the molecule is NCCC[C@H](N)Cn1c(NC(N)=O)cc2ccc(-c3ccc([N+](=O)[O-])cc3)cc21. The Bertz CT molecular complexity index is 1030. The number of non-ortho nitro benzene ring substituents is 1. The Balaban J connectivity index is 2.01. The van der Waals surface area contributed by atoms with Gasteiger partial charge < -0.3 is 21.8 Å². The summed E-state index contributed by atoms with van der Waals surface area (Å²) < 4.78 is 1.93. The van der Waals surface area contributed by atoms with Gasteiger partial charge in [0.05, 0.1) is 10.4 Å². The first kappa shape index (κ1) is 20.3. The molecule has 0 aliphatic heterocycles. The summed E-state index contributed by atoms with van der Waals surface area (Å²) in [6.07, 6.45) is 1.57. The highest BCUT2D eigenvalue weighted by molar-refractivity contribution is 5.94. The number of amides is 2. The molecule has 0 aliphatic carbocycles. The summed E-state index contributed by atoms with van der Waals surface area (Å²) in [6.45, 7) is 1.06. The molecule has 2 amide bonds.